The topological polar surface area (TPSA) is 135 Å². The van der Waals surface area contributed by atoms with Gasteiger partial charge in [0, 0.05) is 30.5 Å². The minimum Gasteiger partial charge on any atom is -0.483 e. The number of carboxylic acids is 1. The van der Waals surface area contributed by atoms with E-state index in [1.54, 1.807) is 13.0 Å². The Morgan fingerprint density at radius 1 is 1.36 bits per heavy atom. The number of hydrogen-bond acceptors (Lipinski definition) is 8. The molecule has 2 aliphatic rings. The van der Waals surface area contributed by atoms with Gasteiger partial charge in [-0.1, -0.05) is 42.4 Å². The van der Waals surface area contributed by atoms with Gasteiger partial charge in [0.25, 0.3) is 6.47 Å². The second kappa shape index (κ2) is 11.1. The number of aliphatic imine (C=N–C) groups is 1. The Morgan fingerprint density at radius 3 is 2.73 bits per heavy atom. The van der Waals surface area contributed by atoms with Crippen molar-refractivity contribution in [3.63, 3.8) is 0 Å². The lowest BCUT2D eigenvalue weighted by molar-refractivity contribution is -0.169. The lowest BCUT2D eigenvalue weighted by Crippen LogP contribution is -2.42. The summed E-state index contributed by atoms with van der Waals surface area (Å²) in [6.07, 6.45) is 2.52. The van der Waals surface area contributed by atoms with Crippen LogP contribution in [0.4, 0.5) is 0 Å². The van der Waals surface area contributed by atoms with Gasteiger partial charge in [0.1, 0.15) is 17.7 Å². The van der Waals surface area contributed by atoms with Crippen molar-refractivity contribution in [2.24, 2.45) is 10.9 Å². The molecular formula is C23H29N3O7. The second-order valence-electron chi connectivity index (χ2n) is 8.29. The van der Waals surface area contributed by atoms with E-state index in [4.69, 9.17) is 23.9 Å². The molecule has 10 heteroatoms. The Hall–Kier alpha value is -3.24. The third kappa shape index (κ3) is 6.17. The fourth-order valence-electron chi connectivity index (χ4n) is 3.96. The van der Waals surface area contributed by atoms with Gasteiger partial charge in [0.2, 0.25) is 0 Å². The predicted octanol–water partition coefficient (Wildman–Crippen LogP) is 2.54. The van der Waals surface area contributed by atoms with Gasteiger partial charge in [0.05, 0.1) is 25.6 Å². The van der Waals surface area contributed by atoms with E-state index >= 15 is 0 Å². The highest BCUT2D eigenvalue weighted by Crippen LogP contribution is 2.31. The van der Waals surface area contributed by atoms with E-state index in [1.807, 2.05) is 36.7 Å². The van der Waals surface area contributed by atoms with Gasteiger partial charge in [-0.3, -0.25) is 9.79 Å². The van der Waals surface area contributed by atoms with Gasteiger partial charge >= 0.3 is 5.97 Å². The highest BCUT2D eigenvalue weighted by molar-refractivity contribution is 5.77. The van der Waals surface area contributed by atoms with Crippen molar-refractivity contribution in [2.45, 2.75) is 44.6 Å². The summed E-state index contributed by atoms with van der Waals surface area (Å²) in [6.45, 7) is 5.28. The molecule has 178 valence electrons. The van der Waals surface area contributed by atoms with Crippen molar-refractivity contribution >= 4 is 18.8 Å². The van der Waals surface area contributed by atoms with Crippen molar-refractivity contribution in [2.75, 3.05) is 19.7 Å². The summed E-state index contributed by atoms with van der Waals surface area (Å²) in [6, 6.07) is 11.4. The number of rotatable bonds is 8. The van der Waals surface area contributed by atoms with Gasteiger partial charge in [0.15, 0.2) is 5.60 Å². The van der Waals surface area contributed by atoms with Crippen molar-refractivity contribution in [1.82, 2.24) is 10.1 Å². The maximum Gasteiger partial charge on any atom is 0.336 e. The number of carboxylic acid groups (broad SMARTS) is 2. The van der Waals surface area contributed by atoms with Crippen molar-refractivity contribution < 1.29 is 33.8 Å². The zero-order valence-electron chi connectivity index (χ0n) is 18.7. The lowest BCUT2D eigenvalue weighted by atomic mass is 9.99. The molecule has 4 unspecified atom stereocenters. The molecule has 1 aromatic carbocycles. The van der Waals surface area contributed by atoms with Gasteiger partial charge < -0.3 is 29.1 Å². The van der Waals surface area contributed by atoms with Crippen LogP contribution in [0, 0.1) is 5.92 Å². The molecule has 4 rings (SSSR count). The van der Waals surface area contributed by atoms with Gasteiger partial charge in [-0.25, -0.2) is 4.79 Å². The molecule has 2 aliphatic heterocycles. The molecule has 4 atom stereocenters. The standard InChI is InChI=1S/C22H27N3O5.CH2O2/c1-15-10-18(29-20(15)25-9-8-23-14-25)13-28-22(2,21(26)27)12-17-11-19(24-30-17)16-6-4-3-5-7-16;2-1-3/h3-7,11,14-15,18,20H,8-10,12-13H2,1-2H3,(H,26,27);1H,(H,2,3). The number of aromatic nitrogens is 1. The zero-order chi connectivity index (χ0) is 23.8. The minimum atomic E-state index is -1.44. The molecule has 0 spiro atoms. The van der Waals surface area contributed by atoms with Crippen LogP contribution in [0.1, 0.15) is 26.0 Å². The average Bonchev–Trinajstić information content (AvgIpc) is 3.55. The SMILES string of the molecule is CC1CC(COC(C)(Cc2cc(-c3ccccc3)no2)C(=O)O)OC1N1C=NCC1.O=CO. The number of benzene rings is 1. The maximum atomic E-state index is 12.0. The van der Waals surface area contributed by atoms with Gasteiger partial charge in [-0.15, -0.1) is 0 Å². The first kappa shape index (κ1) is 24.4. The van der Waals surface area contributed by atoms with E-state index in [1.165, 1.54) is 0 Å². The Morgan fingerprint density at radius 2 is 2.09 bits per heavy atom. The molecule has 33 heavy (non-hydrogen) atoms. The molecule has 2 aromatic rings. The first-order chi connectivity index (χ1) is 15.9. The van der Waals surface area contributed by atoms with Gasteiger partial charge in [-0.05, 0) is 13.3 Å². The summed E-state index contributed by atoms with van der Waals surface area (Å²) < 4.78 is 17.4. The van der Waals surface area contributed by atoms with Crippen LogP contribution < -0.4 is 0 Å². The summed E-state index contributed by atoms with van der Waals surface area (Å²) in [7, 11) is 0. The fraction of sp³-hybridized carbons (Fsp3) is 0.478. The van der Waals surface area contributed by atoms with Crippen LogP contribution in [0.5, 0.6) is 0 Å². The molecule has 10 nitrogen and oxygen atoms in total. The van der Waals surface area contributed by atoms with Crippen LogP contribution in [-0.2, 0) is 25.5 Å². The highest BCUT2D eigenvalue weighted by atomic mass is 16.6. The summed E-state index contributed by atoms with van der Waals surface area (Å²) in [4.78, 5) is 26.7. The lowest BCUT2D eigenvalue weighted by Gasteiger charge is -2.27. The summed E-state index contributed by atoms with van der Waals surface area (Å²) >= 11 is 0. The smallest absolute Gasteiger partial charge is 0.336 e. The van der Waals surface area contributed by atoms with Crippen LogP contribution in [-0.4, -0.2) is 76.7 Å². The second-order valence-corrected chi connectivity index (χ2v) is 8.29. The maximum absolute atomic E-state index is 12.0. The van der Waals surface area contributed by atoms with Crippen molar-refractivity contribution in [3.05, 3.63) is 42.2 Å². The average molecular weight is 459 g/mol. The first-order valence-corrected chi connectivity index (χ1v) is 10.7. The van der Waals surface area contributed by atoms with Crippen LogP contribution >= 0.6 is 0 Å². The van der Waals surface area contributed by atoms with E-state index in [-0.39, 0.29) is 31.8 Å². The number of nitrogens with zero attached hydrogens (tertiary/aromatic N) is 3. The van der Waals surface area contributed by atoms with E-state index in [9.17, 15) is 9.90 Å². The van der Waals surface area contributed by atoms with Crippen LogP contribution in [0.3, 0.4) is 0 Å². The molecule has 0 amide bonds. The Bertz CT molecular complexity index is 949. The molecule has 0 aliphatic carbocycles. The van der Waals surface area contributed by atoms with Crippen LogP contribution in [0.15, 0.2) is 45.9 Å². The summed E-state index contributed by atoms with van der Waals surface area (Å²) in [5, 5.41) is 20.8. The molecule has 1 aromatic heterocycles. The molecule has 1 fully saturated rings. The number of aliphatic carboxylic acids is 1. The van der Waals surface area contributed by atoms with Crippen LogP contribution in [0.25, 0.3) is 11.3 Å². The van der Waals surface area contributed by atoms with E-state index in [0.29, 0.717) is 17.4 Å². The summed E-state index contributed by atoms with van der Waals surface area (Å²) in [5.74, 6) is -0.262. The quantitative estimate of drug-likeness (QED) is 0.571. The Balaban J connectivity index is 0.000000968. The highest BCUT2D eigenvalue weighted by Gasteiger charge is 2.40. The molecule has 0 saturated carbocycles. The zero-order valence-corrected chi connectivity index (χ0v) is 18.7. The molecule has 1 saturated heterocycles. The van der Waals surface area contributed by atoms with Crippen LogP contribution in [0.2, 0.25) is 0 Å². The van der Waals surface area contributed by atoms with E-state index < -0.39 is 11.6 Å². The fourth-order valence-corrected chi connectivity index (χ4v) is 3.96. The van der Waals surface area contributed by atoms with E-state index in [0.717, 1.165) is 25.1 Å². The predicted molar refractivity (Wildman–Crippen MR) is 119 cm³/mol. The minimum absolute atomic E-state index is 0.0383. The third-order valence-electron chi connectivity index (χ3n) is 5.68. The van der Waals surface area contributed by atoms with E-state index in [2.05, 4.69) is 22.0 Å². The molecule has 2 N–H and O–H groups in total. The Kier molecular flexibility index (Phi) is 8.18. The number of hydrogen-bond donors (Lipinski definition) is 2. The number of carbonyl (C=O) groups is 2. The van der Waals surface area contributed by atoms with Gasteiger partial charge in [-0.2, -0.15) is 0 Å². The molecule has 0 radical (unpaired) electrons. The normalized spacial score (nSPS) is 23.6. The monoisotopic (exact) mass is 459 g/mol. The van der Waals surface area contributed by atoms with Crippen molar-refractivity contribution in [3.8, 4) is 11.3 Å². The molecular weight excluding hydrogens is 430 g/mol. The number of ether oxygens (including phenoxy) is 2. The summed E-state index contributed by atoms with van der Waals surface area (Å²) in [5.41, 5.74) is 0.143. The largest absolute Gasteiger partial charge is 0.483 e. The molecule has 3 heterocycles. The van der Waals surface area contributed by atoms with Crippen molar-refractivity contribution in [1.29, 1.82) is 0 Å². The third-order valence-corrected chi connectivity index (χ3v) is 5.68. The molecule has 0 bridgehead atoms. The Labute approximate surface area is 191 Å². The first-order valence-electron chi connectivity index (χ1n) is 10.7.